The number of carbonyl (C=O) groups excluding carboxylic acids is 3. The van der Waals surface area contributed by atoms with E-state index >= 15 is 0 Å². The fraction of sp³-hybridized carbons (Fsp3) is 0.609. The normalized spacial score (nSPS) is 21.2. The smallest absolute Gasteiger partial charge is 0.256 e. The van der Waals surface area contributed by atoms with Crippen molar-refractivity contribution in [3.63, 3.8) is 0 Å². The third-order valence-corrected chi connectivity index (χ3v) is 6.58. The van der Waals surface area contributed by atoms with E-state index in [0.717, 1.165) is 45.2 Å². The lowest BCUT2D eigenvalue weighted by atomic mass is 9.87. The highest BCUT2D eigenvalue weighted by molar-refractivity contribution is 5.94. The Morgan fingerprint density at radius 3 is 2.20 bits per heavy atom. The maximum atomic E-state index is 14.0. The zero-order chi connectivity index (χ0) is 21.1. The van der Waals surface area contributed by atoms with Crippen molar-refractivity contribution in [3.05, 3.63) is 35.6 Å². The standard InChI is InChI=1S/C23H30FN3O3/c24-19-7-3-2-6-18(19)22(29)27-14-10-16(11-15-27)20(25-21(28)17-8-9-17)23(30)26-12-4-1-5-13-26/h2-3,6-7,16-17,20H,1,4-5,8-15H2,(H,25,28)/t20-/m0/s1. The number of carbonyl (C=O) groups is 3. The van der Waals surface area contributed by atoms with E-state index in [0.29, 0.717) is 25.9 Å². The van der Waals surface area contributed by atoms with Crippen LogP contribution in [-0.2, 0) is 9.59 Å². The Labute approximate surface area is 176 Å². The number of likely N-dealkylation sites (tertiary alicyclic amines) is 2. The van der Waals surface area contributed by atoms with Gasteiger partial charge in [-0.3, -0.25) is 14.4 Å². The van der Waals surface area contributed by atoms with Gasteiger partial charge in [0.15, 0.2) is 0 Å². The summed E-state index contributed by atoms with van der Waals surface area (Å²) in [5.74, 6) is -0.791. The molecule has 3 fully saturated rings. The quantitative estimate of drug-likeness (QED) is 0.804. The number of nitrogens with zero attached hydrogens (tertiary/aromatic N) is 2. The Balaban J connectivity index is 1.41. The largest absolute Gasteiger partial charge is 0.344 e. The maximum Gasteiger partial charge on any atom is 0.256 e. The second-order valence-electron chi connectivity index (χ2n) is 8.76. The first kappa shape index (κ1) is 20.8. The van der Waals surface area contributed by atoms with Gasteiger partial charge < -0.3 is 15.1 Å². The molecule has 1 saturated carbocycles. The van der Waals surface area contributed by atoms with Gasteiger partial charge in [0.2, 0.25) is 11.8 Å². The first-order chi connectivity index (χ1) is 14.5. The molecule has 1 aromatic rings. The summed E-state index contributed by atoms with van der Waals surface area (Å²) in [6, 6.07) is 5.49. The minimum Gasteiger partial charge on any atom is -0.344 e. The van der Waals surface area contributed by atoms with E-state index in [9.17, 15) is 18.8 Å². The van der Waals surface area contributed by atoms with Crippen LogP contribution in [0.4, 0.5) is 4.39 Å². The first-order valence-electron chi connectivity index (χ1n) is 11.2. The van der Waals surface area contributed by atoms with Crippen LogP contribution in [0.3, 0.4) is 0 Å². The molecule has 162 valence electrons. The Bertz CT molecular complexity index is 797. The van der Waals surface area contributed by atoms with Gasteiger partial charge >= 0.3 is 0 Å². The zero-order valence-corrected chi connectivity index (χ0v) is 17.3. The molecule has 0 aromatic heterocycles. The van der Waals surface area contributed by atoms with E-state index in [1.165, 1.54) is 12.1 Å². The van der Waals surface area contributed by atoms with Crippen molar-refractivity contribution in [3.8, 4) is 0 Å². The number of hydrogen-bond acceptors (Lipinski definition) is 3. The van der Waals surface area contributed by atoms with Crippen molar-refractivity contribution in [2.24, 2.45) is 11.8 Å². The summed E-state index contributed by atoms with van der Waals surface area (Å²) < 4.78 is 14.0. The van der Waals surface area contributed by atoms with Crippen molar-refractivity contribution in [2.75, 3.05) is 26.2 Å². The minimum atomic E-state index is -0.526. The SMILES string of the molecule is O=C(N[C@H](C(=O)N1CCCCC1)C1CCN(C(=O)c2ccccc2F)CC1)C1CC1. The van der Waals surface area contributed by atoms with Gasteiger partial charge in [-0.2, -0.15) is 0 Å². The fourth-order valence-electron chi connectivity index (χ4n) is 4.55. The molecule has 2 saturated heterocycles. The van der Waals surface area contributed by atoms with E-state index < -0.39 is 11.9 Å². The predicted octanol–water partition coefficient (Wildman–Crippen LogP) is 2.59. The van der Waals surface area contributed by atoms with Gasteiger partial charge in [0, 0.05) is 32.1 Å². The molecular weight excluding hydrogens is 385 g/mol. The predicted molar refractivity (Wildman–Crippen MR) is 110 cm³/mol. The van der Waals surface area contributed by atoms with E-state index in [1.807, 2.05) is 4.90 Å². The first-order valence-corrected chi connectivity index (χ1v) is 11.2. The van der Waals surface area contributed by atoms with Crippen molar-refractivity contribution < 1.29 is 18.8 Å². The molecule has 30 heavy (non-hydrogen) atoms. The summed E-state index contributed by atoms with van der Waals surface area (Å²) in [5.41, 5.74) is 0.0823. The molecule has 3 aliphatic rings. The number of piperidine rings is 2. The molecule has 6 nitrogen and oxygen atoms in total. The summed E-state index contributed by atoms with van der Waals surface area (Å²) in [6.07, 6.45) is 6.18. The average molecular weight is 416 g/mol. The molecule has 0 bridgehead atoms. The molecule has 3 amide bonds. The average Bonchev–Trinajstić information content (AvgIpc) is 3.63. The molecule has 0 spiro atoms. The molecule has 1 aromatic carbocycles. The van der Waals surface area contributed by atoms with Gasteiger partial charge in [0.1, 0.15) is 11.9 Å². The van der Waals surface area contributed by atoms with Gasteiger partial charge in [0.25, 0.3) is 5.91 Å². The highest BCUT2D eigenvalue weighted by Crippen LogP contribution is 2.30. The lowest BCUT2D eigenvalue weighted by molar-refractivity contribution is -0.139. The minimum absolute atomic E-state index is 0.00760. The number of amides is 3. The molecule has 2 aliphatic heterocycles. The molecule has 4 rings (SSSR count). The van der Waals surface area contributed by atoms with Crippen molar-refractivity contribution >= 4 is 17.7 Å². The molecule has 0 unspecified atom stereocenters. The van der Waals surface area contributed by atoms with Crippen LogP contribution in [0.25, 0.3) is 0 Å². The van der Waals surface area contributed by atoms with Crippen molar-refractivity contribution in [1.82, 2.24) is 15.1 Å². The molecule has 1 atom stereocenters. The Morgan fingerprint density at radius 2 is 1.57 bits per heavy atom. The number of nitrogens with one attached hydrogen (secondary N) is 1. The van der Waals surface area contributed by atoms with E-state index in [1.54, 1.807) is 17.0 Å². The molecular formula is C23H30FN3O3. The monoisotopic (exact) mass is 415 g/mol. The number of hydrogen-bond donors (Lipinski definition) is 1. The molecule has 1 N–H and O–H groups in total. The lowest BCUT2D eigenvalue weighted by Crippen LogP contribution is -2.55. The van der Waals surface area contributed by atoms with Crippen molar-refractivity contribution in [1.29, 1.82) is 0 Å². The zero-order valence-electron chi connectivity index (χ0n) is 17.3. The van der Waals surface area contributed by atoms with Crippen molar-refractivity contribution in [2.45, 2.75) is 51.0 Å². The molecule has 0 radical (unpaired) electrons. The summed E-state index contributed by atoms with van der Waals surface area (Å²) in [7, 11) is 0. The van der Waals surface area contributed by atoms with Gasteiger partial charge in [-0.15, -0.1) is 0 Å². The third kappa shape index (κ3) is 4.65. The van der Waals surface area contributed by atoms with E-state index in [4.69, 9.17) is 0 Å². The van der Waals surface area contributed by atoms with Crippen LogP contribution in [-0.4, -0.2) is 59.7 Å². The van der Waals surface area contributed by atoms with E-state index in [-0.39, 0.29) is 35.1 Å². The number of benzene rings is 1. The van der Waals surface area contributed by atoms with Crippen LogP contribution in [0.1, 0.15) is 55.3 Å². The third-order valence-electron chi connectivity index (χ3n) is 6.58. The number of halogens is 1. The Kier molecular flexibility index (Phi) is 6.35. The number of rotatable bonds is 5. The second kappa shape index (κ2) is 9.14. The van der Waals surface area contributed by atoms with Crippen LogP contribution in [0.2, 0.25) is 0 Å². The molecule has 7 heteroatoms. The fourth-order valence-corrected chi connectivity index (χ4v) is 4.55. The van der Waals surface area contributed by atoms with E-state index in [2.05, 4.69) is 5.32 Å². The Morgan fingerprint density at radius 1 is 0.900 bits per heavy atom. The maximum absolute atomic E-state index is 14.0. The van der Waals surface area contributed by atoms with Crippen LogP contribution < -0.4 is 5.32 Å². The summed E-state index contributed by atoms with van der Waals surface area (Å²) in [5, 5.41) is 3.04. The van der Waals surface area contributed by atoms with Crippen LogP contribution in [0.5, 0.6) is 0 Å². The topological polar surface area (TPSA) is 69.7 Å². The highest BCUT2D eigenvalue weighted by Gasteiger charge is 2.39. The molecule has 2 heterocycles. The summed E-state index contributed by atoms with van der Waals surface area (Å²) in [6.45, 7) is 2.42. The summed E-state index contributed by atoms with van der Waals surface area (Å²) >= 11 is 0. The highest BCUT2D eigenvalue weighted by atomic mass is 19.1. The van der Waals surface area contributed by atoms with Crippen LogP contribution in [0, 0.1) is 17.7 Å². The summed E-state index contributed by atoms with van der Waals surface area (Å²) in [4.78, 5) is 41.9. The van der Waals surface area contributed by atoms with Crippen LogP contribution >= 0.6 is 0 Å². The molecule has 1 aliphatic carbocycles. The van der Waals surface area contributed by atoms with Gasteiger partial charge in [-0.1, -0.05) is 12.1 Å². The second-order valence-corrected chi connectivity index (χ2v) is 8.76. The Hall–Kier alpha value is -2.44. The van der Waals surface area contributed by atoms with Gasteiger partial charge in [-0.25, -0.2) is 4.39 Å². The lowest BCUT2D eigenvalue weighted by Gasteiger charge is -2.38. The van der Waals surface area contributed by atoms with Gasteiger partial charge in [-0.05, 0) is 63.0 Å². The van der Waals surface area contributed by atoms with Gasteiger partial charge in [0.05, 0.1) is 5.56 Å². The van der Waals surface area contributed by atoms with Crippen LogP contribution in [0.15, 0.2) is 24.3 Å².